The number of halogens is 1. The van der Waals surface area contributed by atoms with Gasteiger partial charge in [-0.3, -0.25) is 18.7 Å². The molecule has 0 radical (unpaired) electrons. The maximum Gasteiger partial charge on any atom is 0.303 e. The van der Waals surface area contributed by atoms with Crippen LogP contribution in [0.15, 0.2) is 66.7 Å². The first-order chi connectivity index (χ1) is 19.2. The number of anilines is 3. The van der Waals surface area contributed by atoms with Crippen molar-refractivity contribution >= 4 is 56.1 Å². The van der Waals surface area contributed by atoms with E-state index in [4.69, 9.17) is 10.8 Å². The van der Waals surface area contributed by atoms with Crippen LogP contribution in [0.25, 0.3) is 11.3 Å². The van der Waals surface area contributed by atoms with Gasteiger partial charge in [0.25, 0.3) is 5.91 Å². The maximum atomic E-state index is 13.9. The molecule has 3 aromatic rings. The van der Waals surface area contributed by atoms with Crippen molar-refractivity contribution in [3.8, 4) is 0 Å². The molecule has 0 aromatic heterocycles. The number of amides is 2. The summed E-state index contributed by atoms with van der Waals surface area (Å²) in [7, 11) is -3.89. The number of nitrogens with one attached hydrogen (secondary N) is 2. The number of carbonyl (C=O) groups is 3. The minimum atomic E-state index is -3.89. The molecular weight excluding hydrogens is 551 g/mol. The highest BCUT2D eigenvalue weighted by Gasteiger charge is 2.39. The molecule has 1 aliphatic heterocycles. The first-order valence-corrected chi connectivity index (χ1v) is 14.4. The molecule has 0 bridgehead atoms. The average molecular weight is 581 g/mol. The molecule has 0 unspecified atom stereocenters. The maximum absolute atomic E-state index is 13.9. The molecule has 3 aromatic carbocycles. The highest BCUT2D eigenvalue weighted by molar-refractivity contribution is 7.92. The second kappa shape index (κ2) is 11.0. The van der Waals surface area contributed by atoms with E-state index in [2.05, 4.69) is 10.6 Å². The summed E-state index contributed by atoms with van der Waals surface area (Å²) in [4.78, 5) is 36.1. The van der Waals surface area contributed by atoms with Gasteiger partial charge in [-0.05, 0) is 73.9 Å². The van der Waals surface area contributed by atoms with Gasteiger partial charge >= 0.3 is 5.97 Å². The number of aliphatic carboxylic acids is 1. The smallest absolute Gasteiger partial charge is 0.303 e. The number of carbonyl (C=O) groups excluding carboxylic acids is 2. The summed E-state index contributed by atoms with van der Waals surface area (Å²) < 4.78 is 40.0. The number of nitrogens with zero attached hydrogens (tertiary/aromatic N) is 1. The normalized spacial score (nSPS) is 14.2. The predicted molar refractivity (Wildman–Crippen MR) is 155 cm³/mol. The van der Waals surface area contributed by atoms with Crippen LogP contribution in [0.5, 0.6) is 0 Å². The number of benzene rings is 3. The lowest BCUT2D eigenvalue weighted by Crippen LogP contribution is -2.55. The first kappa shape index (κ1) is 29.3. The summed E-state index contributed by atoms with van der Waals surface area (Å²) in [6.07, 6.45) is 1.28. The van der Waals surface area contributed by atoms with E-state index in [0.717, 1.165) is 16.1 Å². The van der Waals surface area contributed by atoms with Crippen LogP contribution in [0.1, 0.15) is 37.0 Å². The van der Waals surface area contributed by atoms with E-state index in [9.17, 15) is 27.2 Å². The van der Waals surface area contributed by atoms with Gasteiger partial charge < -0.3 is 21.5 Å². The van der Waals surface area contributed by atoms with E-state index in [1.165, 1.54) is 44.2 Å². The van der Waals surface area contributed by atoms with E-state index < -0.39 is 39.2 Å². The number of primary amides is 1. The van der Waals surface area contributed by atoms with Crippen molar-refractivity contribution in [3.63, 3.8) is 0 Å². The molecule has 2 amide bonds. The van der Waals surface area contributed by atoms with E-state index in [1.54, 1.807) is 36.4 Å². The van der Waals surface area contributed by atoms with Crippen LogP contribution in [-0.2, 0) is 30.8 Å². The van der Waals surface area contributed by atoms with Gasteiger partial charge in [0, 0.05) is 17.7 Å². The molecule has 5 N–H and O–H groups in total. The lowest BCUT2D eigenvalue weighted by atomic mass is 9.98. The Hall–Kier alpha value is -4.71. The Kier molecular flexibility index (Phi) is 7.89. The molecule has 1 heterocycles. The molecule has 41 heavy (non-hydrogen) atoms. The number of carboxylic acids is 1. The quantitative estimate of drug-likeness (QED) is 0.266. The van der Waals surface area contributed by atoms with E-state index in [-0.39, 0.29) is 17.7 Å². The Morgan fingerprint density at radius 2 is 1.68 bits per heavy atom. The molecule has 4 rings (SSSR count). The lowest BCUT2D eigenvalue weighted by Gasteiger charge is -2.35. The SMILES string of the molecule is CC(C)(C(N)=O)N(c1ccc(N/C(=C2\C(=O)Nc3cc(F)ccc32)c2ccc(CCC(=O)O)cc2)cc1)S(C)(=O)=O. The van der Waals surface area contributed by atoms with Gasteiger partial charge in [0.1, 0.15) is 11.4 Å². The van der Waals surface area contributed by atoms with Crippen molar-refractivity contribution in [1.29, 1.82) is 0 Å². The standard InChI is InChI=1S/C29H29FN4O6S/c1-29(2,28(31)38)34(41(3,39)40)21-12-10-20(11-13-21)32-26(18-7-4-17(5-8-18)6-15-24(35)36)25-22-14-9-19(30)16-23(22)33-27(25)37/h4-5,7-14,16,32H,6,15H2,1-3H3,(H2,31,38)(H,33,37)(H,35,36)/b26-25-. The fraction of sp³-hybridized carbons (Fsp3) is 0.207. The first-order valence-electron chi connectivity index (χ1n) is 12.5. The summed E-state index contributed by atoms with van der Waals surface area (Å²) in [5, 5.41) is 14.9. The fourth-order valence-corrected chi connectivity index (χ4v) is 6.04. The Balaban J connectivity index is 1.78. The zero-order chi connectivity index (χ0) is 30.1. The van der Waals surface area contributed by atoms with E-state index >= 15 is 0 Å². The molecule has 0 atom stereocenters. The summed E-state index contributed by atoms with van der Waals surface area (Å²) >= 11 is 0. The molecule has 214 valence electrons. The largest absolute Gasteiger partial charge is 0.481 e. The number of aryl methyl sites for hydroxylation is 1. The summed E-state index contributed by atoms with van der Waals surface area (Å²) in [5.41, 5.74) is 7.48. The molecule has 0 aliphatic carbocycles. The van der Waals surface area contributed by atoms with Crippen molar-refractivity contribution in [2.45, 2.75) is 32.2 Å². The van der Waals surface area contributed by atoms with Crippen LogP contribution in [0, 0.1) is 5.82 Å². The molecule has 0 saturated heterocycles. The lowest BCUT2D eigenvalue weighted by molar-refractivity contribution is -0.137. The van der Waals surface area contributed by atoms with Crippen molar-refractivity contribution in [1.82, 2.24) is 0 Å². The van der Waals surface area contributed by atoms with Crippen molar-refractivity contribution < 1.29 is 32.3 Å². The molecule has 0 fully saturated rings. The van der Waals surface area contributed by atoms with Crippen LogP contribution in [-0.4, -0.2) is 43.1 Å². The van der Waals surface area contributed by atoms with E-state index in [1.807, 2.05) is 0 Å². The molecule has 1 aliphatic rings. The third-order valence-corrected chi connectivity index (χ3v) is 7.99. The molecule has 0 saturated carbocycles. The number of rotatable bonds is 10. The number of nitrogens with two attached hydrogens (primary N) is 1. The summed E-state index contributed by atoms with van der Waals surface area (Å²) in [6.45, 7) is 2.81. The van der Waals surface area contributed by atoms with Crippen LogP contribution in [0.3, 0.4) is 0 Å². The molecular formula is C29H29FN4O6S. The number of carboxylic acid groups (broad SMARTS) is 1. The second-order valence-corrected chi connectivity index (χ2v) is 11.9. The number of hydrogen-bond acceptors (Lipinski definition) is 6. The number of fused-ring (bicyclic) bond motifs is 1. The van der Waals surface area contributed by atoms with Crippen LogP contribution in [0.4, 0.5) is 21.5 Å². The topological polar surface area (TPSA) is 159 Å². The van der Waals surface area contributed by atoms with Crippen molar-refractivity contribution in [2.75, 3.05) is 21.2 Å². The van der Waals surface area contributed by atoms with Crippen LogP contribution in [0.2, 0.25) is 0 Å². The molecule has 0 spiro atoms. The summed E-state index contributed by atoms with van der Waals surface area (Å²) in [6, 6.07) is 17.2. The third kappa shape index (κ3) is 6.22. The Morgan fingerprint density at radius 3 is 2.24 bits per heavy atom. The monoisotopic (exact) mass is 580 g/mol. The second-order valence-electron chi connectivity index (χ2n) is 10.1. The average Bonchev–Trinajstić information content (AvgIpc) is 3.20. The van der Waals surface area contributed by atoms with Gasteiger partial charge in [-0.25, -0.2) is 12.8 Å². The predicted octanol–water partition coefficient (Wildman–Crippen LogP) is 3.81. The van der Waals surface area contributed by atoms with Gasteiger partial charge in [-0.1, -0.05) is 24.3 Å². The molecule has 10 nitrogen and oxygen atoms in total. The Bertz CT molecular complexity index is 1670. The van der Waals surface area contributed by atoms with E-state index in [0.29, 0.717) is 34.6 Å². The minimum absolute atomic E-state index is 0.0315. The summed E-state index contributed by atoms with van der Waals surface area (Å²) in [5.74, 6) is -2.70. The van der Waals surface area contributed by atoms with Crippen molar-refractivity contribution in [2.24, 2.45) is 5.73 Å². The van der Waals surface area contributed by atoms with Crippen LogP contribution < -0.4 is 20.7 Å². The van der Waals surface area contributed by atoms with Crippen LogP contribution >= 0.6 is 0 Å². The Labute approximate surface area is 236 Å². The highest BCUT2D eigenvalue weighted by atomic mass is 32.2. The number of sulfonamides is 1. The fourth-order valence-electron chi connectivity index (χ4n) is 4.61. The third-order valence-electron chi connectivity index (χ3n) is 6.66. The van der Waals surface area contributed by atoms with Crippen molar-refractivity contribution in [3.05, 3.63) is 89.2 Å². The van der Waals surface area contributed by atoms with Gasteiger partial charge in [0.05, 0.1) is 28.9 Å². The zero-order valence-corrected chi connectivity index (χ0v) is 23.4. The van der Waals surface area contributed by atoms with Gasteiger partial charge in [0.2, 0.25) is 15.9 Å². The zero-order valence-electron chi connectivity index (χ0n) is 22.6. The Morgan fingerprint density at radius 1 is 1.05 bits per heavy atom. The van der Waals surface area contributed by atoms with Gasteiger partial charge in [-0.15, -0.1) is 0 Å². The number of hydrogen-bond donors (Lipinski definition) is 4. The minimum Gasteiger partial charge on any atom is -0.481 e. The molecule has 12 heteroatoms. The van der Waals surface area contributed by atoms with Gasteiger partial charge in [0.15, 0.2) is 0 Å². The highest BCUT2D eigenvalue weighted by Crippen LogP contribution is 2.38. The van der Waals surface area contributed by atoms with Gasteiger partial charge in [-0.2, -0.15) is 0 Å².